The molecular formula is C20H19N3O3S. The molecule has 0 saturated heterocycles. The fourth-order valence-electron chi connectivity index (χ4n) is 2.42. The number of methoxy groups -OCH3 is 2. The van der Waals surface area contributed by atoms with Gasteiger partial charge in [-0.3, -0.25) is 4.79 Å². The van der Waals surface area contributed by atoms with Crippen LogP contribution in [-0.4, -0.2) is 26.3 Å². The van der Waals surface area contributed by atoms with Crippen LogP contribution in [0, 0.1) is 0 Å². The molecule has 0 aliphatic heterocycles. The predicted molar refractivity (Wildman–Crippen MR) is 109 cm³/mol. The number of benzene rings is 2. The van der Waals surface area contributed by atoms with Crippen LogP contribution in [0.5, 0.6) is 11.5 Å². The van der Waals surface area contributed by atoms with Crippen molar-refractivity contribution in [2.45, 2.75) is 0 Å². The molecule has 1 heterocycles. The van der Waals surface area contributed by atoms with Gasteiger partial charge in [-0.15, -0.1) is 11.3 Å². The zero-order chi connectivity index (χ0) is 19.2. The molecule has 3 aromatic rings. The van der Waals surface area contributed by atoms with Gasteiger partial charge in [0.2, 0.25) is 0 Å². The molecule has 7 heteroatoms. The second kappa shape index (κ2) is 8.37. The Morgan fingerprint density at radius 2 is 1.81 bits per heavy atom. The third-order valence-electron chi connectivity index (χ3n) is 3.82. The van der Waals surface area contributed by atoms with Gasteiger partial charge in [0.15, 0.2) is 0 Å². The van der Waals surface area contributed by atoms with Gasteiger partial charge in [-0.1, -0.05) is 12.1 Å². The maximum atomic E-state index is 12.4. The third kappa shape index (κ3) is 4.45. The molecule has 0 aliphatic rings. The largest absolute Gasteiger partial charge is 0.497 e. The van der Waals surface area contributed by atoms with Crippen LogP contribution in [0.1, 0.15) is 15.2 Å². The molecule has 27 heavy (non-hydrogen) atoms. The molecule has 0 saturated carbocycles. The Bertz CT molecular complexity index is 965. The monoisotopic (exact) mass is 381 g/mol. The lowest BCUT2D eigenvalue weighted by molar-refractivity contribution is 0.0960. The van der Waals surface area contributed by atoms with Crippen molar-refractivity contribution in [3.05, 3.63) is 65.0 Å². The fraction of sp³-hybridized carbons (Fsp3) is 0.100. The van der Waals surface area contributed by atoms with Crippen molar-refractivity contribution in [1.29, 1.82) is 0 Å². The first-order valence-electron chi connectivity index (χ1n) is 8.12. The zero-order valence-corrected chi connectivity index (χ0v) is 15.7. The molecule has 0 spiro atoms. The van der Waals surface area contributed by atoms with E-state index in [4.69, 9.17) is 15.2 Å². The van der Waals surface area contributed by atoms with Crippen LogP contribution in [0.25, 0.3) is 10.4 Å². The number of anilines is 1. The molecule has 0 unspecified atom stereocenters. The van der Waals surface area contributed by atoms with Crippen LogP contribution >= 0.6 is 11.3 Å². The number of thiophene rings is 1. The standard InChI is InChI=1S/C20H19N3O3S/c1-25-15-8-6-14(7-9-15)18-11-17(21)19(27-18)20(24)23-22-12-13-4-3-5-16(10-13)26-2/h3-12H,21H2,1-2H3,(H,23,24)/b22-12-. The summed E-state index contributed by atoms with van der Waals surface area (Å²) < 4.78 is 10.3. The molecule has 3 rings (SSSR count). The lowest BCUT2D eigenvalue weighted by Crippen LogP contribution is -2.17. The minimum absolute atomic E-state index is 0.351. The van der Waals surface area contributed by atoms with E-state index in [0.29, 0.717) is 10.6 Å². The molecule has 1 aromatic heterocycles. The van der Waals surface area contributed by atoms with Gasteiger partial charge >= 0.3 is 0 Å². The number of nitrogens with one attached hydrogen (secondary N) is 1. The molecular weight excluding hydrogens is 362 g/mol. The number of amides is 1. The minimum Gasteiger partial charge on any atom is -0.497 e. The Morgan fingerprint density at radius 1 is 1.07 bits per heavy atom. The van der Waals surface area contributed by atoms with Crippen LogP contribution in [-0.2, 0) is 0 Å². The van der Waals surface area contributed by atoms with Crippen molar-refractivity contribution in [3.8, 4) is 21.9 Å². The van der Waals surface area contributed by atoms with Crippen molar-refractivity contribution >= 4 is 29.1 Å². The number of carbonyl (C=O) groups excluding carboxylic acids is 1. The van der Waals surface area contributed by atoms with Crippen LogP contribution in [0.2, 0.25) is 0 Å². The van der Waals surface area contributed by atoms with E-state index in [1.54, 1.807) is 26.5 Å². The summed E-state index contributed by atoms with van der Waals surface area (Å²) in [5, 5.41) is 3.99. The molecule has 2 aromatic carbocycles. The van der Waals surface area contributed by atoms with E-state index >= 15 is 0 Å². The lowest BCUT2D eigenvalue weighted by Gasteiger charge is -2.01. The van der Waals surface area contributed by atoms with Crippen molar-refractivity contribution in [1.82, 2.24) is 5.43 Å². The second-order valence-corrected chi connectivity index (χ2v) is 6.65. The first kappa shape index (κ1) is 18.5. The summed E-state index contributed by atoms with van der Waals surface area (Å²) in [7, 11) is 3.21. The SMILES string of the molecule is COc1ccc(-c2cc(N)c(C(=O)N/N=C\c3cccc(OC)c3)s2)cc1. The van der Waals surface area contributed by atoms with Gasteiger partial charge in [0.05, 0.1) is 26.1 Å². The summed E-state index contributed by atoms with van der Waals surface area (Å²) in [5.74, 6) is 1.14. The number of carbonyl (C=O) groups is 1. The number of nitrogens with two attached hydrogens (primary N) is 1. The molecule has 6 nitrogen and oxygen atoms in total. The van der Waals surface area contributed by atoms with Crippen molar-refractivity contribution in [3.63, 3.8) is 0 Å². The average molecular weight is 381 g/mol. The van der Waals surface area contributed by atoms with E-state index in [2.05, 4.69) is 10.5 Å². The van der Waals surface area contributed by atoms with Gasteiger partial charge in [-0.25, -0.2) is 5.43 Å². The summed E-state index contributed by atoms with van der Waals surface area (Å²) in [6.45, 7) is 0. The van der Waals surface area contributed by atoms with E-state index in [1.165, 1.54) is 11.3 Å². The first-order chi connectivity index (χ1) is 13.1. The maximum Gasteiger partial charge on any atom is 0.283 e. The second-order valence-electron chi connectivity index (χ2n) is 5.60. The molecule has 1 amide bonds. The highest BCUT2D eigenvalue weighted by Gasteiger charge is 2.15. The Labute approximate surface area is 161 Å². The number of hydrogen-bond acceptors (Lipinski definition) is 6. The Kier molecular flexibility index (Phi) is 5.73. The van der Waals surface area contributed by atoms with Gasteiger partial charge in [-0.2, -0.15) is 5.10 Å². The van der Waals surface area contributed by atoms with Gasteiger partial charge < -0.3 is 15.2 Å². The fourth-order valence-corrected chi connectivity index (χ4v) is 3.39. The number of ether oxygens (including phenoxy) is 2. The van der Waals surface area contributed by atoms with E-state index in [0.717, 1.165) is 27.5 Å². The summed E-state index contributed by atoms with van der Waals surface area (Å²) in [4.78, 5) is 13.7. The number of hydrogen-bond donors (Lipinski definition) is 2. The lowest BCUT2D eigenvalue weighted by atomic mass is 10.2. The van der Waals surface area contributed by atoms with Gasteiger partial charge in [-0.05, 0) is 53.6 Å². The number of nitrogen functional groups attached to an aromatic ring is 1. The van der Waals surface area contributed by atoms with Crippen LogP contribution in [0.4, 0.5) is 5.69 Å². The van der Waals surface area contributed by atoms with E-state index in [1.807, 2.05) is 48.5 Å². The molecule has 0 aliphatic carbocycles. The van der Waals surface area contributed by atoms with Gasteiger partial charge in [0.25, 0.3) is 5.91 Å². The average Bonchev–Trinajstić information content (AvgIpc) is 3.10. The predicted octanol–water partition coefficient (Wildman–Crippen LogP) is 3.78. The molecule has 0 fully saturated rings. The van der Waals surface area contributed by atoms with Crippen molar-refractivity contribution in [2.75, 3.05) is 20.0 Å². The van der Waals surface area contributed by atoms with Crippen molar-refractivity contribution in [2.24, 2.45) is 5.10 Å². The Morgan fingerprint density at radius 3 is 2.52 bits per heavy atom. The summed E-state index contributed by atoms with van der Waals surface area (Å²) in [6, 6.07) is 16.7. The first-order valence-corrected chi connectivity index (χ1v) is 8.93. The highest BCUT2D eigenvalue weighted by Crippen LogP contribution is 2.33. The molecule has 0 atom stereocenters. The Balaban J connectivity index is 1.71. The molecule has 3 N–H and O–H groups in total. The van der Waals surface area contributed by atoms with E-state index in [9.17, 15) is 4.79 Å². The number of hydrazone groups is 1. The van der Waals surface area contributed by atoms with Crippen LogP contribution < -0.4 is 20.6 Å². The van der Waals surface area contributed by atoms with Gasteiger partial charge in [0.1, 0.15) is 16.4 Å². The third-order valence-corrected chi connectivity index (χ3v) is 5.01. The highest BCUT2D eigenvalue weighted by atomic mass is 32.1. The summed E-state index contributed by atoms with van der Waals surface area (Å²) in [6.07, 6.45) is 1.55. The molecule has 0 bridgehead atoms. The highest BCUT2D eigenvalue weighted by molar-refractivity contribution is 7.18. The maximum absolute atomic E-state index is 12.4. The van der Waals surface area contributed by atoms with Crippen molar-refractivity contribution < 1.29 is 14.3 Å². The van der Waals surface area contributed by atoms with E-state index in [-0.39, 0.29) is 5.91 Å². The summed E-state index contributed by atoms with van der Waals surface area (Å²) in [5.41, 5.74) is 10.7. The summed E-state index contributed by atoms with van der Waals surface area (Å²) >= 11 is 1.31. The van der Waals surface area contributed by atoms with E-state index < -0.39 is 0 Å². The Hall–Kier alpha value is -3.32. The van der Waals surface area contributed by atoms with Gasteiger partial charge in [0, 0.05) is 4.88 Å². The smallest absolute Gasteiger partial charge is 0.283 e. The minimum atomic E-state index is -0.351. The normalized spacial score (nSPS) is 10.7. The van der Waals surface area contributed by atoms with Crippen LogP contribution in [0.3, 0.4) is 0 Å². The van der Waals surface area contributed by atoms with Crippen LogP contribution in [0.15, 0.2) is 59.7 Å². The topological polar surface area (TPSA) is 85.9 Å². The molecule has 0 radical (unpaired) electrons. The zero-order valence-electron chi connectivity index (χ0n) is 14.9. The quantitative estimate of drug-likeness (QED) is 0.503. The molecule has 138 valence electrons. The number of rotatable bonds is 6. The number of nitrogens with zero attached hydrogens (tertiary/aromatic N) is 1.